The topological polar surface area (TPSA) is 132 Å². The fourth-order valence-electron chi connectivity index (χ4n) is 5.44. The van der Waals surface area contributed by atoms with Crippen LogP contribution in [-0.4, -0.2) is 60.4 Å². The fraction of sp³-hybridized carbons (Fsp3) is 0.364. The molecule has 2 N–H and O–H groups in total. The van der Waals surface area contributed by atoms with E-state index in [0.717, 1.165) is 24.0 Å². The van der Waals surface area contributed by atoms with E-state index in [2.05, 4.69) is 15.1 Å². The lowest BCUT2D eigenvalue weighted by Gasteiger charge is -2.35. The summed E-state index contributed by atoms with van der Waals surface area (Å²) in [4.78, 5) is 27.5. The van der Waals surface area contributed by atoms with Gasteiger partial charge in [0, 0.05) is 18.1 Å². The van der Waals surface area contributed by atoms with Crippen molar-refractivity contribution >= 4 is 50.3 Å². The normalized spacial score (nSPS) is 15.4. The Kier molecular flexibility index (Phi) is 9.78. The molecule has 0 saturated carbocycles. The van der Waals surface area contributed by atoms with Crippen LogP contribution in [-0.2, 0) is 32.6 Å². The van der Waals surface area contributed by atoms with Crippen molar-refractivity contribution < 1.29 is 27.5 Å². The molecule has 11 nitrogen and oxygen atoms in total. The van der Waals surface area contributed by atoms with E-state index in [1.165, 1.54) is 24.1 Å². The monoisotopic (exact) mass is 667 g/mol. The molecule has 1 atom stereocenters. The number of hydrogen-bond acceptors (Lipinski definition) is 7. The van der Waals surface area contributed by atoms with Crippen LogP contribution in [0.15, 0.2) is 71.6 Å². The molecule has 0 radical (unpaired) electrons. The van der Waals surface area contributed by atoms with E-state index in [-0.39, 0.29) is 23.2 Å². The third-order valence-corrected chi connectivity index (χ3v) is 9.09. The predicted octanol–water partition coefficient (Wildman–Crippen LogP) is 5.95. The van der Waals surface area contributed by atoms with E-state index in [0.29, 0.717) is 41.2 Å². The van der Waals surface area contributed by atoms with Crippen molar-refractivity contribution in [1.29, 1.82) is 0 Å². The number of anilines is 1. The Balaban J connectivity index is 1.34. The summed E-state index contributed by atoms with van der Waals surface area (Å²) in [6.45, 7) is 6.48. The van der Waals surface area contributed by atoms with Gasteiger partial charge in [-0.15, -0.1) is 0 Å². The molecule has 46 heavy (non-hydrogen) atoms. The van der Waals surface area contributed by atoms with Crippen molar-refractivity contribution in [2.45, 2.75) is 69.7 Å². The van der Waals surface area contributed by atoms with Gasteiger partial charge in [0.15, 0.2) is 5.82 Å². The molecule has 0 bridgehead atoms. The second-order valence-corrected chi connectivity index (χ2v) is 14.3. The molecule has 1 aromatic heterocycles. The van der Waals surface area contributed by atoms with E-state index in [1.54, 1.807) is 43.7 Å². The number of carbonyl (C=O) groups excluding carboxylic acids is 2. The molecule has 1 aliphatic heterocycles. The van der Waals surface area contributed by atoms with Gasteiger partial charge < -0.3 is 14.8 Å². The molecule has 0 aliphatic carbocycles. The van der Waals surface area contributed by atoms with Gasteiger partial charge in [-0.3, -0.25) is 19.1 Å². The van der Waals surface area contributed by atoms with Gasteiger partial charge >= 0.3 is 6.09 Å². The molecule has 3 aromatic carbocycles. The van der Waals surface area contributed by atoms with Crippen molar-refractivity contribution in [1.82, 2.24) is 20.0 Å². The lowest BCUT2D eigenvalue weighted by atomic mass is 10.0. The highest BCUT2D eigenvalue weighted by molar-refractivity contribution is 7.92. The molecule has 1 aliphatic rings. The highest BCUT2D eigenvalue weighted by Gasteiger charge is 2.34. The van der Waals surface area contributed by atoms with Crippen LogP contribution in [0.5, 0.6) is 5.75 Å². The van der Waals surface area contributed by atoms with Crippen LogP contribution in [0.2, 0.25) is 5.02 Å². The first kappa shape index (κ1) is 33.1. The largest absolute Gasteiger partial charge is 0.496 e. The first-order chi connectivity index (χ1) is 21.8. The standard InChI is InChI=1S/C33H38ClN5O6S/c1-33(2,3)45-32(41)38-17-6-5-14-27(38)31(40)35-20-22-10-7-11-23(18-22)21-39-26-15-9-16-28(44-4)29(26)30(36-39)37-46(42,43)25-13-8-12-24(34)19-25/h7-13,15-16,18-19,27H,5-6,14,17,20-21H2,1-4H3,(H,35,40)(H,36,37)/t27-/m0/s1. The zero-order valence-corrected chi connectivity index (χ0v) is 27.8. The number of halogens is 1. The maximum atomic E-state index is 13.2. The number of ether oxygens (including phenoxy) is 2. The van der Waals surface area contributed by atoms with E-state index >= 15 is 0 Å². The Morgan fingerprint density at radius 3 is 2.50 bits per heavy atom. The van der Waals surface area contributed by atoms with Crippen LogP contribution >= 0.6 is 11.6 Å². The third kappa shape index (κ3) is 7.73. The minimum atomic E-state index is -4.00. The Morgan fingerprint density at radius 1 is 1.02 bits per heavy atom. The number of carbonyl (C=O) groups is 2. The summed E-state index contributed by atoms with van der Waals surface area (Å²) < 4.78 is 41.9. The Morgan fingerprint density at radius 2 is 1.76 bits per heavy atom. The number of nitrogens with one attached hydrogen (secondary N) is 2. The molecule has 5 rings (SSSR count). The number of amides is 2. The number of benzene rings is 3. The number of rotatable bonds is 9. The predicted molar refractivity (Wildman–Crippen MR) is 177 cm³/mol. The summed E-state index contributed by atoms with van der Waals surface area (Å²) >= 11 is 6.05. The molecular formula is C33H38ClN5O6S. The van der Waals surface area contributed by atoms with Gasteiger partial charge in [-0.1, -0.05) is 48.0 Å². The SMILES string of the molecule is COc1cccc2c1c(NS(=O)(=O)c1cccc(Cl)c1)nn2Cc1cccc(CNC(=O)[C@@H]2CCCCN2C(=O)OC(C)(C)C)c1. The molecule has 4 aromatic rings. The number of methoxy groups -OCH3 is 1. The van der Waals surface area contributed by atoms with E-state index in [4.69, 9.17) is 21.1 Å². The molecule has 0 unspecified atom stereocenters. The molecule has 1 saturated heterocycles. The summed E-state index contributed by atoms with van der Waals surface area (Å²) in [5, 5.41) is 8.44. The minimum Gasteiger partial charge on any atom is -0.496 e. The molecule has 2 amide bonds. The van der Waals surface area contributed by atoms with Gasteiger partial charge in [0.05, 0.1) is 29.5 Å². The average molecular weight is 668 g/mol. The number of aromatic nitrogens is 2. The number of sulfonamides is 1. The lowest BCUT2D eigenvalue weighted by Crippen LogP contribution is -2.52. The Bertz CT molecular complexity index is 1850. The third-order valence-electron chi connectivity index (χ3n) is 7.52. The summed E-state index contributed by atoms with van der Waals surface area (Å²) in [6.07, 6.45) is 1.77. The smallest absolute Gasteiger partial charge is 0.410 e. The van der Waals surface area contributed by atoms with Gasteiger partial charge in [-0.2, -0.15) is 5.10 Å². The number of piperidine rings is 1. The summed E-state index contributed by atoms with van der Waals surface area (Å²) in [5.41, 5.74) is 1.77. The number of likely N-dealkylation sites (tertiary alicyclic amines) is 1. The second-order valence-electron chi connectivity index (χ2n) is 12.1. The van der Waals surface area contributed by atoms with E-state index in [9.17, 15) is 18.0 Å². The minimum absolute atomic E-state index is 0.00906. The van der Waals surface area contributed by atoms with E-state index in [1.807, 2.05) is 36.4 Å². The molecule has 0 spiro atoms. The second kappa shape index (κ2) is 13.6. The first-order valence-electron chi connectivity index (χ1n) is 15.0. The zero-order chi connectivity index (χ0) is 33.1. The van der Waals surface area contributed by atoms with Crippen LogP contribution in [0.4, 0.5) is 10.6 Å². The maximum absolute atomic E-state index is 13.2. The van der Waals surface area contributed by atoms with Crippen molar-refractivity contribution in [2.24, 2.45) is 0 Å². The molecule has 13 heteroatoms. The van der Waals surface area contributed by atoms with Crippen LogP contribution in [0.3, 0.4) is 0 Å². The Labute approximate surface area is 273 Å². The number of nitrogens with zero attached hydrogens (tertiary/aromatic N) is 3. The zero-order valence-electron chi connectivity index (χ0n) is 26.2. The fourth-order valence-corrected chi connectivity index (χ4v) is 6.75. The average Bonchev–Trinajstić information content (AvgIpc) is 3.35. The summed E-state index contributed by atoms with van der Waals surface area (Å²) in [5.74, 6) is 0.364. The maximum Gasteiger partial charge on any atom is 0.410 e. The van der Waals surface area contributed by atoms with Crippen LogP contribution in [0.25, 0.3) is 10.9 Å². The molecular weight excluding hydrogens is 630 g/mol. The van der Waals surface area contributed by atoms with Gasteiger partial charge in [0.25, 0.3) is 10.0 Å². The van der Waals surface area contributed by atoms with Gasteiger partial charge in [-0.25, -0.2) is 13.2 Å². The first-order valence-corrected chi connectivity index (χ1v) is 16.9. The highest BCUT2D eigenvalue weighted by Crippen LogP contribution is 2.34. The van der Waals surface area contributed by atoms with Crippen LogP contribution in [0.1, 0.15) is 51.2 Å². The van der Waals surface area contributed by atoms with Crippen molar-refractivity contribution in [3.05, 3.63) is 82.9 Å². The number of hydrogen-bond donors (Lipinski definition) is 2. The molecule has 244 valence electrons. The lowest BCUT2D eigenvalue weighted by molar-refractivity contribution is -0.127. The highest BCUT2D eigenvalue weighted by atomic mass is 35.5. The van der Waals surface area contributed by atoms with Crippen molar-refractivity contribution in [3.63, 3.8) is 0 Å². The summed E-state index contributed by atoms with van der Waals surface area (Å²) in [6, 6.07) is 18.5. The van der Waals surface area contributed by atoms with E-state index < -0.39 is 27.8 Å². The van der Waals surface area contributed by atoms with Gasteiger partial charge in [0.2, 0.25) is 5.91 Å². The van der Waals surface area contributed by atoms with Crippen molar-refractivity contribution in [3.8, 4) is 5.75 Å². The molecule has 1 fully saturated rings. The van der Waals surface area contributed by atoms with Crippen LogP contribution in [0, 0.1) is 0 Å². The summed E-state index contributed by atoms with van der Waals surface area (Å²) in [7, 11) is -2.49. The Hall–Kier alpha value is -4.29. The van der Waals surface area contributed by atoms with Gasteiger partial charge in [0.1, 0.15) is 17.4 Å². The molecule has 2 heterocycles. The van der Waals surface area contributed by atoms with Crippen LogP contribution < -0.4 is 14.8 Å². The quantitative estimate of drug-likeness (QED) is 0.225. The number of fused-ring (bicyclic) bond motifs is 1. The van der Waals surface area contributed by atoms with Crippen molar-refractivity contribution in [2.75, 3.05) is 18.4 Å². The van der Waals surface area contributed by atoms with Gasteiger partial charge in [-0.05, 0) is 81.5 Å².